The molecule has 1 aliphatic carbocycles. The highest BCUT2D eigenvalue weighted by molar-refractivity contribution is 5.85. The van der Waals surface area contributed by atoms with Crippen molar-refractivity contribution in [2.24, 2.45) is 0 Å². The van der Waals surface area contributed by atoms with Crippen molar-refractivity contribution >= 4 is 12.4 Å². The fraction of sp³-hybridized carbons (Fsp3) is 0.500. The Labute approximate surface area is 140 Å². The zero-order valence-corrected chi connectivity index (χ0v) is 13.7. The van der Waals surface area contributed by atoms with E-state index in [-0.39, 0.29) is 30.2 Å². The topological polar surface area (TPSA) is 54.2 Å². The number of nitrogens with zero attached hydrogens (tertiary/aromatic N) is 3. The van der Waals surface area contributed by atoms with E-state index in [2.05, 4.69) is 27.4 Å². The number of benzene rings is 1. The average Bonchev–Trinajstić information content (AvgIpc) is 3.18. The minimum atomic E-state index is -0.200. The van der Waals surface area contributed by atoms with Crippen LogP contribution in [0.1, 0.15) is 41.6 Å². The third-order valence-corrected chi connectivity index (χ3v) is 4.67. The molecule has 5 nitrogen and oxygen atoms in total. The molecule has 0 spiro atoms. The second-order valence-electron chi connectivity index (χ2n) is 6.19. The summed E-state index contributed by atoms with van der Waals surface area (Å²) in [4.78, 5) is 6.85. The molecule has 7 heteroatoms. The molecular formula is C16H20ClFN4O. The summed E-state index contributed by atoms with van der Waals surface area (Å²) in [7, 11) is 2.08. The van der Waals surface area contributed by atoms with Gasteiger partial charge in [0.15, 0.2) is 5.82 Å². The maximum absolute atomic E-state index is 13.0. The van der Waals surface area contributed by atoms with Crippen LogP contribution in [0.5, 0.6) is 0 Å². The van der Waals surface area contributed by atoms with Crippen LogP contribution in [-0.4, -0.2) is 41.7 Å². The van der Waals surface area contributed by atoms with E-state index in [1.165, 1.54) is 12.1 Å². The Morgan fingerprint density at radius 3 is 2.78 bits per heavy atom. The highest BCUT2D eigenvalue weighted by Crippen LogP contribution is 2.54. The average molecular weight is 339 g/mol. The fourth-order valence-corrected chi connectivity index (χ4v) is 3.17. The lowest BCUT2D eigenvalue weighted by Gasteiger charge is -2.30. The fourth-order valence-electron chi connectivity index (χ4n) is 3.17. The molecule has 124 valence electrons. The zero-order chi connectivity index (χ0) is 15.1. The number of rotatable bonds is 3. The van der Waals surface area contributed by atoms with Gasteiger partial charge in [-0.25, -0.2) is 4.39 Å². The van der Waals surface area contributed by atoms with Gasteiger partial charge in [-0.1, -0.05) is 17.3 Å². The van der Waals surface area contributed by atoms with Crippen LogP contribution in [0.15, 0.2) is 28.8 Å². The van der Waals surface area contributed by atoms with Crippen LogP contribution >= 0.6 is 12.4 Å². The van der Waals surface area contributed by atoms with Gasteiger partial charge in [-0.3, -0.25) is 4.90 Å². The predicted molar refractivity (Wildman–Crippen MR) is 86.3 cm³/mol. The number of hydrogen-bond donors (Lipinski definition) is 1. The largest absolute Gasteiger partial charge is 0.339 e. The van der Waals surface area contributed by atoms with E-state index in [0.29, 0.717) is 11.8 Å². The van der Waals surface area contributed by atoms with E-state index in [1.807, 2.05) is 12.1 Å². The summed E-state index contributed by atoms with van der Waals surface area (Å²) in [6, 6.07) is 6.88. The van der Waals surface area contributed by atoms with Crippen molar-refractivity contribution in [1.82, 2.24) is 20.4 Å². The van der Waals surface area contributed by atoms with E-state index in [1.54, 1.807) is 0 Å². The summed E-state index contributed by atoms with van der Waals surface area (Å²) in [5, 5.41) is 7.52. The molecular weight excluding hydrogens is 319 g/mol. The Kier molecular flexibility index (Phi) is 4.66. The molecule has 2 aromatic rings. The number of halogens is 2. The van der Waals surface area contributed by atoms with Gasteiger partial charge >= 0.3 is 0 Å². The van der Waals surface area contributed by atoms with Crippen LogP contribution in [0.4, 0.5) is 4.39 Å². The van der Waals surface area contributed by atoms with Gasteiger partial charge in [-0.05, 0) is 37.1 Å². The van der Waals surface area contributed by atoms with Crippen LogP contribution in [-0.2, 0) is 0 Å². The third kappa shape index (κ3) is 3.24. The molecule has 23 heavy (non-hydrogen) atoms. The molecule has 2 fully saturated rings. The van der Waals surface area contributed by atoms with Crippen LogP contribution in [0.25, 0.3) is 0 Å². The summed E-state index contributed by atoms with van der Waals surface area (Å²) < 4.78 is 18.5. The minimum absolute atomic E-state index is 0. The first-order valence-corrected chi connectivity index (χ1v) is 7.72. The van der Waals surface area contributed by atoms with Gasteiger partial charge in [-0.2, -0.15) is 4.98 Å². The summed E-state index contributed by atoms with van der Waals surface area (Å²) in [6.07, 6.45) is 0.992. The molecule has 1 unspecified atom stereocenters. The SMILES string of the molecule is CN1CCNCC1c1noc([C@@H]2C[C@H]2c2ccc(F)cc2)n1.Cl. The van der Waals surface area contributed by atoms with Crippen molar-refractivity contribution < 1.29 is 8.91 Å². The first kappa shape index (κ1) is 16.4. The van der Waals surface area contributed by atoms with Crippen molar-refractivity contribution in [1.29, 1.82) is 0 Å². The Bertz CT molecular complexity index is 662. The van der Waals surface area contributed by atoms with E-state index < -0.39 is 0 Å². The lowest BCUT2D eigenvalue weighted by molar-refractivity contribution is 0.190. The molecule has 1 saturated heterocycles. The molecule has 0 bridgehead atoms. The van der Waals surface area contributed by atoms with Crippen molar-refractivity contribution in [2.75, 3.05) is 26.7 Å². The van der Waals surface area contributed by atoms with Crippen molar-refractivity contribution in [2.45, 2.75) is 24.3 Å². The lowest BCUT2D eigenvalue weighted by Crippen LogP contribution is -2.44. The molecule has 4 rings (SSSR count). The smallest absolute Gasteiger partial charge is 0.230 e. The summed E-state index contributed by atoms with van der Waals surface area (Å²) >= 11 is 0. The Morgan fingerprint density at radius 1 is 1.26 bits per heavy atom. The van der Waals surface area contributed by atoms with Gasteiger partial charge in [-0.15, -0.1) is 12.4 Å². The van der Waals surface area contributed by atoms with Gasteiger partial charge in [0.25, 0.3) is 0 Å². The van der Waals surface area contributed by atoms with E-state index in [9.17, 15) is 4.39 Å². The third-order valence-electron chi connectivity index (χ3n) is 4.67. The van der Waals surface area contributed by atoms with Gasteiger partial charge in [0.1, 0.15) is 5.82 Å². The maximum Gasteiger partial charge on any atom is 0.230 e. The van der Waals surface area contributed by atoms with E-state index in [0.717, 1.165) is 37.4 Å². The van der Waals surface area contributed by atoms with Crippen molar-refractivity contribution in [3.05, 3.63) is 47.4 Å². The van der Waals surface area contributed by atoms with Crippen LogP contribution < -0.4 is 5.32 Å². The van der Waals surface area contributed by atoms with Gasteiger partial charge in [0.2, 0.25) is 5.89 Å². The zero-order valence-electron chi connectivity index (χ0n) is 12.9. The highest BCUT2D eigenvalue weighted by Gasteiger charge is 2.44. The number of piperazine rings is 1. The van der Waals surface area contributed by atoms with Crippen molar-refractivity contribution in [3.63, 3.8) is 0 Å². The minimum Gasteiger partial charge on any atom is -0.339 e. The summed E-state index contributed by atoms with van der Waals surface area (Å²) in [5.74, 6) is 1.91. The lowest BCUT2D eigenvalue weighted by atomic mass is 10.1. The van der Waals surface area contributed by atoms with E-state index in [4.69, 9.17) is 4.52 Å². The maximum atomic E-state index is 13.0. The number of aromatic nitrogens is 2. The van der Waals surface area contributed by atoms with Crippen molar-refractivity contribution in [3.8, 4) is 0 Å². The number of nitrogens with one attached hydrogen (secondary N) is 1. The van der Waals surface area contributed by atoms with Gasteiger partial charge in [0.05, 0.1) is 6.04 Å². The van der Waals surface area contributed by atoms with Gasteiger partial charge in [0, 0.05) is 25.6 Å². The Hall–Kier alpha value is -1.50. The molecule has 2 heterocycles. The van der Waals surface area contributed by atoms with E-state index >= 15 is 0 Å². The molecule has 1 aromatic carbocycles. The molecule has 3 atom stereocenters. The molecule has 2 aliphatic rings. The highest BCUT2D eigenvalue weighted by atomic mass is 35.5. The van der Waals surface area contributed by atoms with Crippen LogP contribution in [0.3, 0.4) is 0 Å². The van der Waals surface area contributed by atoms with Crippen LogP contribution in [0.2, 0.25) is 0 Å². The molecule has 1 N–H and O–H groups in total. The first-order chi connectivity index (χ1) is 10.7. The second-order valence-corrected chi connectivity index (χ2v) is 6.19. The monoisotopic (exact) mass is 338 g/mol. The molecule has 0 radical (unpaired) electrons. The molecule has 0 amide bonds. The molecule has 1 aromatic heterocycles. The Balaban J connectivity index is 0.00000156. The molecule has 1 saturated carbocycles. The number of hydrogen-bond acceptors (Lipinski definition) is 5. The Morgan fingerprint density at radius 2 is 2.04 bits per heavy atom. The number of likely N-dealkylation sites (N-methyl/N-ethyl adjacent to an activating group) is 1. The second kappa shape index (κ2) is 6.55. The van der Waals surface area contributed by atoms with Gasteiger partial charge < -0.3 is 9.84 Å². The predicted octanol–water partition coefficient (Wildman–Crippen LogP) is 2.48. The van der Waals surface area contributed by atoms with Crippen LogP contribution in [0, 0.1) is 5.82 Å². The quantitative estimate of drug-likeness (QED) is 0.931. The summed E-state index contributed by atoms with van der Waals surface area (Å²) in [5.41, 5.74) is 1.14. The standard InChI is InChI=1S/C16H19FN4O.ClH/c1-21-7-6-18-9-14(21)15-19-16(22-20-15)13-8-12(13)10-2-4-11(17)5-3-10;/h2-5,12-14,18H,6-9H2,1H3;1H/t12-,13+,14?;/m0./s1. The first-order valence-electron chi connectivity index (χ1n) is 7.72. The normalized spacial score (nSPS) is 27.5. The molecule has 1 aliphatic heterocycles. The summed E-state index contributed by atoms with van der Waals surface area (Å²) in [6.45, 7) is 2.82.